The van der Waals surface area contributed by atoms with Crippen molar-refractivity contribution >= 4 is 5.97 Å². The molecule has 19 heavy (non-hydrogen) atoms. The van der Waals surface area contributed by atoms with E-state index in [4.69, 9.17) is 4.74 Å². The van der Waals surface area contributed by atoms with Gasteiger partial charge in [0.2, 0.25) is 0 Å². The van der Waals surface area contributed by atoms with Gasteiger partial charge in [-0.1, -0.05) is 20.8 Å². The molecule has 0 N–H and O–H groups in total. The van der Waals surface area contributed by atoms with Gasteiger partial charge in [0.15, 0.2) is 0 Å². The first-order chi connectivity index (χ1) is 8.89. The summed E-state index contributed by atoms with van der Waals surface area (Å²) in [6.45, 7) is 9.65. The summed E-state index contributed by atoms with van der Waals surface area (Å²) < 4.78 is 5.40. The molecule has 3 aliphatic carbocycles. The van der Waals surface area contributed by atoms with Crippen LogP contribution in [0.3, 0.4) is 0 Å². The van der Waals surface area contributed by atoms with Gasteiger partial charge in [0.05, 0.1) is 6.61 Å². The second kappa shape index (κ2) is 4.23. The van der Waals surface area contributed by atoms with Gasteiger partial charge in [0.1, 0.15) is 0 Å². The summed E-state index contributed by atoms with van der Waals surface area (Å²) in [4.78, 5) is 11.2. The Labute approximate surface area is 117 Å². The van der Waals surface area contributed by atoms with Gasteiger partial charge in [-0.05, 0) is 66.6 Å². The highest BCUT2D eigenvalue weighted by molar-refractivity contribution is 5.65. The number of carbonyl (C=O) groups is 1. The summed E-state index contributed by atoms with van der Waals surface area (Å²) in [7, 11) is 0. The highest BCUT2D eigenvalue weighted by atomic mass is 16.5. The molecule has 3 saturated carbocycles. The Hall–Kier alpha value is -0.530. The zero-order chi connectivity index (χ0) is 13.8. The van der Waals surface area contributed by atoms with E-state index in [1.807, 2.05) is 0 Å². The minimum Gasteiger partial charge on any atom is -0.466 e. The molecule has 5 unspecified atom stereocenters. The molecule has 0 aromatic heterocycles. The minimum absolute atomic E-state index is 0.114. The fourth-order valence-corrected chi connectivity index (χ4v) is 6.14. The van der Waals surface area contributed by atoms with Gasteiger partial charge in [-0.2, -0.15) is 0 Å². The SMILES string of the molecule is CC(=O)OCC1CCC2C(C)(C)C3CCC(C)C12C3. The first-order valence-electron chi connectivity index (χ1n) is 8.02. The van der Waals surface area contributed by atoms with E-state index in [9.17, 15) is 4.79 Å². The van der Waals surface area contributed by atoms with Gasteiger partial charge in [0, 0.05) is 6.92 Å². The Morgan fingerprint density at radius 1 is 1.21 bits per heavy atom. The van der Waals surface area contributed by atoms with Crippen molar-refractivity contribution in [2.75, 3.05) is 6.61 Å². The second-order valence-electron chi connectivity index (χ2n) is 7.94. The molecule has 0 amide bonds. The number of hydrogen-bond acceptors (Lipinski definition) is 2. The molecule has 1 spiro atoms. The summed E-state index contributed by atoms with van der Waals surface area (Å²) in [6, 6.07) is 0. The standard InChI is InChI=1S/C17H28O2/c1-11-5-6-13-9-17(11)14(10-19-12(2)18)7-8-15(17)16(13,3)4/h11,13-15H,5-10H2,1-4H3. The lowest BCUT2D eigenvalue weighted by atomic mass is 9.61. The monoisotopic (exact) mass is 264 g/mol. The third-order valence-electron chi connectivity index (χ3n) is 7.12. The Morgan fingerprint density at radius 2 is 1.95 bits per heavy atom. The zero-order valence-electron chi connectivity index (χ0n) is 12.9. The van der Waals surface area contributed by atoms with Crippen LogP contribution >= 0.6 is 0 Å². The molecule has 3 aliphatic rings. The maximum atomic E-state index is 11.2. The van der Waals surface area contributed by atoms with Crippen LogP contribution < -0.4 is 0 Å². The quantitative estimate of drug-likeness (QED) is 0.704. The molecule has 0 heterocycles. The average Bonchev–Trinajstić information content (AvgIpc) is 2.77. The Morgan fingerprint density at radius 3 is 2.63 bits per heavy atom. The van der Waals surface area contributed by atoms with E-state index in [2.05, 4.69) is 20.8 Å². The van der Waals surface area contributed by atoms with Crippen LogP contribution in [0.4, 0.5) is 0 Å². The number of esters is 1. The highest BCUT2D eigenvalue weighted by Gasteiger charge is 2.66. The van der Waals surface area contributed by atoms with Crippen molar-refractivity contribution in [3.63, 3.8) is 0 Å². The molecule has 5 atom stereocenters. The Balaban J connectivity index is 1.89. The van der Waals surface area contributed by atoms with Gasteiger partial charge in [-0.15, -0.1) is 0 Å². The molecule has 0 radical (unpaired) electrons. The van der Waals surface area contributed by atoms with E-state index in [0.29, 0.717) is 23.4 Å². The number of ether oxygens (including phenoxy) is 1. The van der Waals surface area contributed by atoms with E-state index in [-0.39, 0.29) is 5.97 Å². The van der Waals surface area contributed by atoms with Gasteiger partial charge in [-0.25, -0.2) is 0 Å². The van der Waals surface area contributed by atoms with E-state index < -0.39 is 0 Å². The lowest BCUT2D eigenvalue weighted by molar-refractivity contribution is -0.144. The molecule has 3 fully saturated rings. The number of hydrogen-bond donors (Lipinski definition) is 0. The van der Waals surface area contributed by atoms with Gasteiger partial charge in [0.25, 0.3) is 0 Å². The molecular weight excluding hydrogens is 236 g/mol. The van der Waals surface area contributed by atoms with Crippen molar-refractivity contribution < 1.29 is 9.53 Å². The minimum atomic E-state index is -0.114. The third kappa shape index (κ3) is 1.71. The first kappa shape index (κ1) is 13.5. The number of fused-ring (bicyclic) bond motifs is 1. The molecule has 3 rings (SSSR count). The van der Waals surface area contributed by atoms with Crippen molar-refractivity contribution in [1.29, 1.82) is 0 Å². The maximum absolute atomic E-state index is 11.2. The van der Waals surface area contributed by atoms with Crippen molar-refractivity contribution in [3.05, 3.63) is 0 Å². The fraction of sp³-hybridized carbons (Fsp3) is 0.941. The number of carbonyl (C=O) groups excluding carboxylic acids is 1. The summed E-state index contributed by atoms with van der Waals surface area (Å²) in [6.07, 6.45) is 6.78. The fourth-order valence-electron chi connectivity index (χ4n) is 6.14. The van der Waals surface area contributed by atoms with Gasteiger partial charge < -0.3 is 4.74 Å². The van der Waals surface area contributed by atoms with Crippen LogP contribution in [0, 0.1) is 34.5 Å². The van der Waals surface area contributed by atoms with E-state index in [0.717, 1.165) is 17.8 Å². The molecule has 108 valence electrons. The molecular formula is C17H28O2. The van der Waals surface area contributed by atoms with Crippen LogP contribution in [0.25, 0.3) is 0 Å². The Bertz CT molecular complexity index is 387. The molecule has 2 bridgehead atoms. The lowest BCUT2D eigenvalue weighted by Gasteiger charge is -2.44. The number of rotatable bonds is 2. The van der Waals surface area contributed by atoms with Crippen LogP contribution in [0.2, 0.25) is 0 Å². The smallest absolute Gasteiger partial charge is 0.302 e. The second-order valence-corrected chi connectivity index (χ2v) is 7.94. The predicted molar refractivity (Wildman–Crippen MR) is 75.6 cm³/mol. The van der Waals surface area contributed by atoms with E-state index in [1.165, 1.54) is 39.0 Å². The van der Waals surface area contributed by atoms with Crippen LogP contribution in [0.15, 0.2) is 0 Å². The molecule has 0 aromatic carbocycles. The van der Waals surface area contributed by atoms with Crippen LogP contribution in [0.1, 0.15) is 59.8 Å². The third-order valence-corrected chi connectivity index (χ3v) is 7.12. The summed E-state index contributed by atoms with van der Waals surface area (Å²) in [5, 5.41) is 0. The van der Waals surface area contributed by atoms with Crippen LogP contribution in [-0.4, -0.2) is 12.6 Å². The topological polar surface area (TPSA) is 26.3 Å². The maximum Gasteiger partial charge on any atom is 0.302 e. The molecule has 2 nitrogen and oxygen atoms in total. The zero-order valence-corrected chi connectivity index (χ0v) is 12.9. The summed E-state index contributed by atoms with van der Waals surface area (Å²) in [5.74, 6) is 3.05. The van der Waals surface area contributed by atoms with Crippen LogP contribution in [0.5, 0.6) is 0 Å². The molecule has 2 heteroatoms. The molecule has 0 aliphatic heterocycles. The normalized spacial score (nSPS) is 46.9. The average molecular weight is 264 g/mol. The largest absolute Gasteiger partial charge is 0.466 e. The van der Waals surface area contributed by atoms with E-state index in [1.54, 1.807) is 0 Å². The summed E-state index contributed by atoms with van der Waals surface area (Å²) in [5.41, 5.74) is 0.970. The Kier molecular flexibility index (Phi) is 3.00. The van der Waals surface area contributed by atoms with Crippen molar-refractivity contribution in [3.8, 4) is 0 Å². The summed E-state index contributed by atoms with van der Waals surface area (Å²) >= 11 is 0. The van der Waals surface area contributed by atoms with E-state index >= 15 is 0 Å². The van der Waals surface area contributed by atoms with Crippen molar-refractivity contribution in [1.82, 2.24) is 0 Å². The van der Waals surface area contributed by atoms with Crippen molar-refractivity contribution in [2.24, 2.45) is 34.5 Å². The highest BCUT2D eigenvalue weighted by Crippen LogP contribution is 2.73. The molecule has 0 aromatic rings. The molecule has 0 saturated heterocycles. The first-order valence-corrected chi connectivity index (χ1v) is 8.02. The van der Waals surface area contributed by atoms with Gasteiger partial charge >= 0.3 is 5.97 Å². The van der Waals surface area contributed by atoms with Crippen molar-refractivity contribution in [2.45, 2.75) is 59.8 Å². The van der Waals surface area contributed by atoms with Crippen LogP contribution in [-0.2, 0) is 9.53 Å². The van der Waals surface area contributed by atoms with Gasteiger partial charge in [-0.3, -0.25) is 4.79 Å². The predicted octanol–water partition coefficient (Wildman–Crippen LogP) is 4.04. The lowest BCUT2D eigenvalue weighted by Crippen LogP contribution is -2.40.